The first kappa shape index (κ1) is 15.7. The van der Waals surface area contributed by atoms with E-state index >= 15 is 0 Å². The number of benzene rings is 1. The summed E-state index contributed by atoms with van der Waals surface area (Å²) >= 11 is 0. The van der Waals surface area contributed by atoms with E-state index in [1.807, 2.05) is 0 Å². The molecule has 1 aromatic rings. The summed E-state index contributed by atoms with van der Waals surface area (Å²) in [5.74, 6) is -4.52. The zero-order chi connectivity index (χ0) is 15.6. The second-order valence-corrected chi connectivity index (χ2v) is 6.73. The first-order valence-electron chi connectivity index (χ1n) is 6.43. The fourth-order valence-electron chi connectivity index (χ4n) is 2.13. The standard InChI is InChI=1S/C13H15F2NO4S/c14-13(15)21(19,20)11-4-2-1-3-10(11)16(9-5-6-9)8-7-12(17)18/h1-4,9,13H,5-8H2,(H,17,18). The molecular weight excluding hydrogens is 304 g/mol. The second kappa shape index (κ2) is 5.97. The van der Waals surface area contributed by atoms with E-state index in [9.17, 15) is 22.0 Å². The lowest BCUT2D eigenvalue weighted by Gasteiger charge is -2.26. The molecule has 1 aliphatic carbocycles. The van der Waals surface area contributed by atoms with Gasteiger partial charge in [-0.1, -0.05) is 12.1 Å². The van der Waals surface area contributed by atoms with Gasteiger partial charge in [0.15, 0.2) is 0 Å². The molecule has 116 valence electrons. The van der Waals surface area contributed by atoms with E-state index in [1.54, 1.807) is 11.0 Å². The van der Waals surface area contributed by atoms with Crippen molar-refractivity contribution in [3.05, 3.63) is 24.3 Å². The minimum Gasteiger partial charge on any atom is -0.481 e. The monoisotopic (exact) mass is 319 g/mol. The molecule has 0 saturated heterocycles. The molecule has 1 N–H and O–H groups in total. The van der Waals surface area contributed by atoms with Gasteiger partial charge in [0.1, 0.15) is 0 Å². The zero-order valence-corrected chi connectivity index (χ0v) is 11.9. The predicted molar refractivity (Wildman–Crippen MR) is 72.3 cm³/mol. The van der Waals surface area contributed by atoms with Crippen LogP contribution < -0.4 is 4.90 Å². The summed E-state index contributed by atoms with van der Waals surface area (Å²) in [6.07, 6.45) is 1.41. The Kier molecular flexibility index (Phi) is 4.46. The summed E-state index contributed by atoms with van der Waals surface area (Å²) in [4.78, 5) is 11.9. The van der Waals surface area contributed by atoms with E-state index in [0.29, 0.717) is 0 Å². The number of halogens is 2. The van der Waals surface area contributed by atoms with E-state index in [-0.39, 0.29) is 24.7 Å². The van der Waals surface area contributed by atoms with Crippen molar-refractivity contribution in [3.8, 4) is 0 Å². The zero-order valence-electron chi connectivity index (χ0n) is 11.1. The summed E-state index contributed by atoms with van der Waals surface area (Å²) in [6, 6.07) is 5.51. The van der Waals surface area contributed by atoms with Crippen LogP contribution in [0.1, 0.15) is 19.3 Å². The number of anilines is 1. The normalized spacial score (nSPS) is 15.2. The maximum Gasteiger partial charge on any atom is 0.341 e. The van der Waals surface area contributed by atoms with Gasteiger partial charge in [0.25, 0.3) is 0 Å². The van der Waals surface area contributed by atoms with Crippen LogP contribution in [0.3, 0.4) is 0 Å². The van der Waals surface area contributed by atoms with Crippen molar-refractivity contribution >= 4 is 21.5 Å². The first-order valence-corrected chi connectivity index (χ1v) is 7.98. The van der Waals surface area contributed by atoms with Gasteiger partial charge < -0.3 is 10.0 Å². The van der Waals surface area contributed by atoms with E-state index in [0.717, 1.165) is 18.9 Å². The molecule has 1 saturated carbocycles. The number of carbonyl (C=O) groups is 1. The number of hydrogen-bond donors (Lipinski definition) is 1. The summed E-state index contributed by atoms with van der Waals surface area (Å²) in [5.41, 5.74) is 0.154. The summed E-state index contributed by atoms with van der Waals surface area (Å²) in [5, 5.41) is 8.76. The Morgan fingerprint density at radius 2 is 1.95 bits per heavy atom. The van der Waals surface area contributed by atoms with E-state index in [2.05, 4.69) is 0 Å². The largest absolute Gasteiger partial charge is 0.481 e. The molecular formula is C13H15F2NO4S. The molecule has 0 aliphatic heterocycles. The van der Waals surface area contributed by atoms with Crippen LogP contribution in [0.2, 0.25) is 0 Å². The van der Waals surface area contributed by atoms with Gasteiger partial charge in [-0.2, -0.15) is 8.78 Å². The minimum atomic E-state index is -4.72. The lowest BCUT2D eigenvalue weighted by molar-refractivity contribution is -0.136. The first-order chi connectivity index (χ1) is 9.84. The Balaban J connectivity index is 2.39. The molecule has 2 rings (SSSR count). The van der Waals surface area contributed by atoms with Crippen LogP contribution in [-0.4, -0.2) is 37.8 Å². The fraction of sp³-hybridized carbons (Fsp3) is 0.462. The lowest BCUT2D eigenvalue weighted by Crippen LogP contribution is -2.30. The van der Waals surface area contributed by atoms with Crippen molar-refractivity contribution in [2.75, 3.05) is 11.4 Å². The van der Waals surface area contributed by atoms with Gasteiger partial charge in [0.05, 0.1) is 17.0 Å². The van der Waals surface area contributed by atoms with E-state index in [4.69, 9.17) is 5.11 Å². The third kappa shape index (κ3) is 3.49. The Labute approximate surface area is 121 Å². The topological polar surface area (TPSA) is 74.7 Å². The third-order valence-corrected chi connectivity index (χ3v) is 4.70. The lowest BCUT2D eigenvalue weighted by atomic mass is 10.2. The van der Waals surface area contributed by atoms with Gasteiger partial charge in [-0.25, -0.2) is 8.42 Å². The van der Waals surface area contributed by atoms with Gasteiger partial charge in [-0.05, 0) is 25.0 Å². The number of rotatable bonds is 7. The molecule has 1 aliphatic rings. The quantitative estimate of drug-likeness (QED) is 0.833. The number of sulfone groups is 1. The van der Waals surface area contributed by atoms with Crippen molar-refractivity contribution < 1.29 is 27.1 Å². The highest BCUT2D eigenvalue weighted by Gasteiger charge is 2.35. The van der Waals surface area contributed by atoms with Crippen LogP contribution in [0.5, 0.6) is 0 Å². The van der Waals surface area contributed by atoms with Crippen LogP contribution in [0, 0.1) is 0 Å². The number of hydrogen-bond acceptors (Lipinski definition) is 4. The van der Waals surface area contributed by atoms with E-state index < -0.39 is 26.5 Å². The van der Waals surface area contributed by atoms with Gasteiger partial charge in [-0.3, -0.25) is 4.79 Å². The molecule has 0 bridgehead atoms. The molecule has 0 spiro atoms. The number of carboxylic acids is 1. The van der Waals surface area contributed by atoms with Crippen LogP contribution in [0.15, 0.2) is 29.2 Å². The number of aliphatic carboxylic acids is 1. The van der Waals surface area contributed by atoms with Crippen LogP contribution in [0.25, 0.3) is 0 Å². The smallest absolute Gasteiger partial charge is 0.341 e. The van der Waals surface area contributed by atoms with Gasteiger partial charge >= 0.3 is 11.7 Å². The molecule has 0 amide bonds. The molecule has 0 unspecified atom stereocenters. The summed E-state index contributed by atoms with van der Waals surface area (Å²) in [7, 11) is -4.72. The Morgan fingerprint density at radius 3 is 2.48 bits per heavy atom. The fourth-order valence-corrected chi connectivity index (χ4v) is 3.07. The number of carboxylic acid groups (broad SMARTS) is 1. The van der Waals surface area contributed by atoms with E-state index in [1.165, 1.54) is 12.1 Å². The molecule has 0 radical (unpaired) electrons. The number of para-hydroxylation sites is 1. The summed E-state index contributed by atoms with van der Waals surface area (Å²) in [6.45, 7) is 0.0930. The van der Waals surface area contributed by atoms with Crippen molar-refractivity contribution in [2.45, 2.75) is 36.0 Å². The Bertz CT molecular complexity index is 629. The SMILES string of the molecule is O=C(O)CCN(c1ccccc1S(=O)(=O)C(F)F)C1CC1. The Hall–Kier alpha value is -1.70. The molecule has 21 heavy (non-hydrogen) atoms. The molecule has 1 aromatic carbocycles. The van der Waals surface area contributed by atoms with Crippen LogP contribution in [-0.2, 0) is 14.6 Å². The predicted octanol–water partition coefficient (Wildman–Crippen LogP) is 2.13. The average molecular weight is 319 g/mol. The highest BCUT2D eigenvalue weighted by Crippen LogP contribution is 2.36. The van der Waals surface area contributed by atoms with Gasteiger partial charge in [0.2, 0.25) is 9.84 Å². The van der Waals surface area contributed by atoms with Crippen molar-refractivity contribution in [1.82, 2.24) is 0 Å². The van der Waals surface area contributed by atoms with Crippen LogP contribution >= 0.6 is 0 Å². The molecule has 5 nitrogen and oxygen atoms in total. The maximum atomic E-state index is 12.8. The van der Waals surface area contributed by atoms with Crippen molar-refractivity contribution in [2.24, 2.45) is 0 Å². The molecule has 0 atom stereocenters. The minimum absolute atomic E-state index is 0.0124. The van der Waals surface area contributed by atoms with Crippen LogP contribution in [0.4, 0.5) is 14.5 Å². The van der Waals surface area contributed by atoms with Gasteiger partial charge in [0, 0.05) is 12.6 Å². The number of nitrogens with zero attached hydrogens (tertiary/aromatic N) is 1. The molecule has 0 heterocycles. The molecule has 8 heteroatoms. The van der Waals surface area contributed by atoms with Gasteiger partial charge in [-0.15, -0.1) is 0 Å². The molecule has 0 aromatic heterocycles. The highest BCUT2D eigenvalue weighted by molar-refractivity contribution is 7.91. The van der Waals surface area contributed by atoms with Crippen molar-refractivity contribution in [1.29, 1.82) is 0 Å². The molecule has 1 fully saturated rings. The summed E-state index contributed by atoms with van der Waals surface area (Å²) < 4.78 is 49.0. The number of alkyl halides is 2. The maximum absolute atomic E-state index is 12.8. The highest BCUT2D eigenvalue weighted by atomic mass is 32.2. The second-order valence-electron chi connectivity index (χ2n) is 4.84. The van der Waals surface area contributed by atoms with Crippen molar-refractivity contribution in [3.63, 3.8) is 0 Å². The third-order valence-electron chi connectivity index (χ3n) is 3.27. The Morgan fingerprint density at radius 1 is 1.33 bits per heavy atom. The average Bonchev–Trinajstić information content (AvgIpc) is 3.23.